The second kappa shape index (κ2) is 13.0. The molecule has 0 spiro atoms. The van der Waals surface area contributed by atoms with E-state index in [9.17, 15) is 14.4 Å². The standard InChI is InChI=1S/C28H46N4O5Si/c1-28(2,3)31-21-12-13-24(23(18-21)30-26(34)36-16-17-38(4,5)6)32-15-14-22(25(32)33)29-27(35)37-19-20-10-8-7-9-11-20/h7-11,21-24,31H,12-19H2,1-6H3,(H,29,35)(H,30,34)/t21?,22-,23+,24-/m0/s1. The Labute approximate surface area is 228 Å². The number of nitrogens with zero attached hydrogens (tertiary/aromatic N) is 1. The fourth-order valence-corrected chi connectivity index (χ4v) is 5.86. The third-order valence-electron chi connectivity index (χ3n) is 6.98. The topological polar surface area (TPSA) is 109 Å². The van der Waals surface area contributed by atoms with Crippen molar-refractivity contribution >= 4 is 26.2 Å². The number of rotatable bonds is 9. The van der Waals surface area contributed by atoms with Crippen LogP contribution < -0.4 is 16.0 Å². The van der Waals surface area contributed by atoms with E-state index in [0.717, 1.165) is 24.4 Å². The number of likely N-dealkylation sites (tertiary alicyclic amines) is 1. The first kappa shape index (κ1) is 30.0. The molecule has 4 atom stereocenters. The normalized spacial score (nSPS) is 24.2. The van der Waals surface area contributed by atoms with Crippen LogP contribution in [0.2, 0.25) is 25.7 Å². The van der Waals surface area contributed by atoms with Crippen molar-refractivity contribution in [3.05, 3.63) is 35.9 Å². The third kappa shape index (κ3) is 9.61. The molecule has 9 nitrogen and oxygen atoms in total. The van der Waals surface area contributed by atoms with Crippen LogP contribution in [0.1, 0.15) is 52.0 Å². The van der Waals surface area contributed by atoms with Gasteiger partial charge in [0.1, 0.15) is 12.6 Å². The lowest BCUT2D eigenvalue weighted by atomic mass is 9.84. The quantitative estimate of drug-likeness (QED) is 0.400. The monoisotopic (exact) mass is 546 g/mol. The molecule has 38 heavy (non-hydrogen) atoms. The summed E-state index contributed by atoms with van der Waals surface area (Å²) < 4.78 is 10.8. The fourth-order valence-electron chi connectivity index (χ4n) is 5.14. The Bertz CT molecular complexity index is 947. The lowest BCUT2D eigenvalue weighted by molar-refractivity contribution is -0.132. The van der Waals surface area contributed by atoms with Crippen molar-refractivity contribution in [2.24, 2.45) is 0 Å². The average Bonchev–Trinajstić information content (AvgIpc) is 3.16. The van der Waals surface area contributed by atoms with Crippen LogP contribution in [0, 0.1) is 0 Å². The van der Waals surface area contributed by atoms with E-state index in [2.05, 4.69) is 56.4 Å². The summed E-state index contributed by atoms with van der Waals surface area (Å²) >= 11 is 0. The molecule has 1 aliphatic heterocycles. The molecule has 0 aromatic heterocycles. The molecule has 1 unspecified atom stereocenters. The van der Waals surface area contributed by atoms with Crippen molar-refractivity contribution in [2.75, 3.05) is 13.2 Å². The van der Waals surface area contributed by atoms with Gasteiger partial charge in [0, 0.05) is 26.2 Å². The molecular weight excluding hydrogens is 500 g/mol. The Balaban J connectivity index is 1.59. The van der Waals surface area contributed by atoms with Crippen LogP contribution in [0.4, 0.5) is 9.59 Å². The molecule has 0 bridgehead atoms. The summed E-state index contributed by atoms with van der Waals surface area (Å²) in [5, 5.41) is 9.45. The first-order valence-corrected chi connectivity index (χ1v) is 17.5. The number of alkyl carbamates (subject to hydrolysis) is 2. The van der Waals surface area contributed by atoms with Gasteiger partial charge in [-0.2, -0.15) is 0 Å². The van der Waals surface area contributed by atoms with E-state index >= 15 is 0 Å². The van der Waals surface area contributed by atoms with Crippen molar-refractivity contribution < 1.29 is 23.9 Å². The van der Waals surface area contributed by atoms with E-state index in [1.807, 2.05) is 35.2 Å². The van der Waals surface area contributed by atoms with E-state index in [1.54, 1.807) is 0 Å². The number of benzene rings is 1. The minimum Gasteiger partial charge on any atom is -0.450 e. The Morgan fingerprint density at radius 1 is 1.00 bits per heavy atom. The van der Waals surface area contributed by atoms with Crippen LogP contribution in [-0.2, 0) is 20.9 Å². The number of hydrogen-bond donors (Lipinski definition) is 3. The molecule has 212 valence electrons. The Kier molecular flexibility index (Phi) is 10.2. The van der Waals surface area contributed by atoms with Crippen LogP contribution in [0.15, 0.2) is 30.3 Å². The number of carbonyl (C=O) groups excluding carboxylic acids is 3. The zero-order valence-corrected chi connectivity index (χ0v) is 24.8. The molecular formula is C28H46N4O5Si. The van der Waals surface area contributed by atoms with Gasteiger partial charge in [0.2, 0.25) is 5.91 Å². The van der Waals surface area contributed by atoms with Crippen molar-refractivity contribution in [3.8, 4) is 0 Å². The van der Waals surface area contributed by atoms with Crippen LogP contribution in [0.25, 0.3) is 0 Å². The zero-order chi connectivity index (χ0) is 27.9. The molecule has 3 rings (SSSR count). The average molecular weight is 547 g/mol. The van der Waals surface area contributed by atoms with E-state index in [0.29, 0.717) is 26.0 Å². The van der Waals surface area contributed by atoms with Crippen molar-refractivity contribution in [1.82, 2.24) is 20.9 Å². The van der Waals surface area contributed by atoms with Gasteiger partial charge in [0.15, 0.2) is 0 Å². The molecule has 2 fully saturated rings. The number of hydrogen-bond acceptors (Lipinski definition) is 6. The number of carbonyl (C=O) groups is 3. The van der Waals surface area contributed by atoms with Crippen molar-refractivity contribution in [3.63, 3.8) is 0 Å². The Morgan fingerprint density at radius 2 is 1.68 bits per heavy atom. The van der Waals surface area contributed by atoms with Gasteiger partial charge in [-0.25, -0.2) is 9.59 Å². The predicted octanol–water partition coefficient (Wildman–Crippen LogP) is 4.26. The van der Waals surface area contributed by atoms with Crippen LogP contribution in [-0.4, -0.2) is 73.9 Å². The highest BCUT2D eigenvalue weighted by Crippen LogP contribution is 2.29. The molecule has 3 N–H and O–H groups in total. The second-order valence-corrected chi connectivity index (χ2v) is 18.4. The first-order valence-electron chi connectivity index (χ1n) is 13.8. The summed E-state index contributed by atoms with van der Waals surface area (Å²) in [6, 6.07) is 9.52. The predicted molar refractivity (Wildman–Crippen MR) is 151 cm³/mol. The summed E-state index contributed by atoms with van der Waals surface area (Å²) in [5.41, 5.74) is 0.826. The molecule has 3 amide bonds. The smallest absolute Gasteiger partial charge is 0.408 e. The Hall–Kier alpha value is -2.59. The zero-order valence-electron chi connectivity index (χ0n) is 23.8. The van der Waals surface area contributed by atoms with Crippen molar-refractivity contribution in [1.29, 1.82) is 0 Å². The lowest BCUT2D eigenvalue weighted by Crippen LogP contribution is -2.60. The summed E-state index contributed by atoms with van der Waals surface area (Å²) in [6.07, 6.45) is 1.82. The van der Waals surface area contributed by atoms with Gasteiger partial charge in [-0.05, 0) is 58.1 Å². The lowest BCUT2D eigenvalue weighted by Gasteiger charge is -2.43. The highest BCUT2D eigenvalue weighted by atomic mass is 28.3. The SMILES string of the molecule is CC(C)(C)NC1CC[C@H](N2CC[C@H](NC(=O)OCc3ccccc3)C2=O)[C@H](NC(=O)OCC[Si](C)(C)C)C1. The van der Waals surface area contributed by atoms with Gasteiger partial charge in [0.25, 0.3) is 0 Å². The van der Waals surface area contributed by atoms with Gasteiger partial charge in [-0.15, -0.1) is 0 Å². The summed E-state index contributed by atoms with van der Waals surface area (Å²) in [5.74, 6) is -0.132. The van der Waals surface area contributed by atoms with E-state index in [1.165, 1.54) is 0 Å². The Morgan fingerprint density at radius 3 is 2.34 bits per heavy atom. The summed E-state index contributed by atoms with van der Waals surface area (Å²) in [7, 11) is -1.32. The molecule has 1 saturated heterocycles. The maximum Gasteiger partial charge on any atom is 0.408 e. The van der Waals surface area contributed by atoms with Gasteiger partial charge < -0.3 is 30.3 Å². The highest BCUT2D eigenvalue weighted by Gasteiger charge is 2.43. The minimum absolute atomic E-state index is 0.0571. The van der Waals surface area contributed by atoms with Gasteiger partial charge in [0.05, 0.1) is 18.7 Å². The van der Waals surface area contributed by atoms with Gasteiger partial charge in [-0.3, -0.25) is 4.79 Å². The fraction of sp³-hybridized carbons (Fsp3) is 0.679. The van der Waals surface area contributed by atoms with Crippen LogP contribution >= 0.6 is 0 Å². The summed E-state index contributed by atoms with van der Waals surface area (Å²) in [6.45, 7) is 14.2. The van der Waals surface area contributed by atoms with Crippen LogP contribution in [0.5, 0.6) is 0 Å². The van der Waals surface area contributed by atoms with Gasteiger partial charge in [-0.1, -0.05) is 50.0 Å². The highest BCUT2D eigenvalue weighted by molar-refractivity contribution is 6.76. The van der Waals surface area contributed by atoms with Crippen molar-refractivity contribution in [2.45, 2.75) is 108 Å². The maximum atomic E-state index is 13.3. The second-order valence-electron chi connectivity index (χ2n) is 12.7. The van der Waals surface area contributed by atoms with Gasteiger partial charge >= 0.3 is 12.2 Å². The first-order chi connectivity index (χ1) is 17.8. The number of ether oxygens (including phenoxy) is 2. The molecule has 2 aliphatic rings. The molecule has 1 saturated carbocycles. The molecule has 10 heteroatoms. The summed E-state index contributed by atoms with van der Waals surface area (Å²) in [4.78, 5) is 40.2. The maximum absolute atomic E-state index is 13.3. The molecule has 1 aromatic carbocycles. The largest absolute Gasteiger partial charge is 0.450 e. The number of nitrogens with one attached hydrogen (secondary N) is 3. The van der Waals surface area contributed by atoms with E-state index < -0.39 is 26.3 Å². The molecule has 1 aliphatic carbocycles. The van der Waals surface area contributed by atoms with Crippen LogP contribution in [0.3, 0.4) is 0 Å². The third-order valence-corrected chi connectivity index (χ3v) is 8.69. The van der Waals surface area contributed by atoms with E-state index in [-0.39, 0.29) is 36.2 Å². The molecule has 0 radical (unpaired) electrons. The molecule has 1 aromatic rings. The van der Waals surface area contributed by atoms with E-state index in [4.69, 9.17) is 9.47 Å². The molecule has 1 heterocycles. The number of amides is 3. The minimum atomic E-state index is -1.32.